The number of benzene rings is 1. The summed E-state index contributed by atoms with van der Waals surface area (Å²) in [7, 11) is 3.31. The number of carboxylic acid groups (broad SMARTS) is 1. The number of fused-ring (bicyclic) bond motifs is 2. The number of aromatic nitrogens is 8. The van der Waals surface area contributed by atoms with Gasteiger partial charge in [0.2, 0.25) is 11.7 Å². The van der Waals surface area contributed by atoms with Crippen molar-refractivity contribution in [1.29, 1.82) is 0 Å². The number of hydrogen-bond donors (Lipinski definition) is 5. The lowest BCUT2D eigenvalue weighted by atomic mass is 9.79. The van der Waals surface area contributed by atoms with E-state index < -0.39 is 47.6 Å². The summed E-state index contributed by atoms with van der Waals surface area (Å²) in [6.45, 7) is 19.9. The third-order valence-electron chi connectivity index (χ3n) is 21.3. The molecule has 30 heteroatoms. The van der Waals surface area contributed by atoms with Gasteiger partial charge in [0, 0.05) is 76.4 Å². The number of methoxy groups -OCH3 is 2. The van der Waals surface area contributed by atoms with Crippen molar-refractivity contribution in [3.63, 3.8) is 0 Å². The number of likely N-dealkylation sites (tertiary alicyclic amines) is 1. The molecule has 4 aromatic heterocycles. The molecular formula is C82H122N12O18. The number of unbranched alkanes of at least 4 members (excludes halogenated alkanes) is 1. The monoisotopic (exact) mass is 1560 g/mol. The Morgan fingerprint density at radius 1 is 0.812 bits per heavy atom. The maximum atomic E-state index is 13.7. The Kier molecular flexibility index (Phi) is 37.0. The van der Waals surface area contributed by atoms with Crippen LogP contribution in [0.4, 0.5) is 11.8 Å². The number of nitrogen functional groups attached to an aromatic ring is 2. The number of anilines is 2. The summed E-state index contributed by atoms with van der Waals surface area (Å²) in [5.74, 6) is -5.31. The van der Waals surface area contributed by atoms with Crippen molar-refractivity contribution >= 4 is 69.1 Å². The van der Waals surface area contributed by atoms with Gasteiger partial charge in [0.15, 0.2) is 17.0 Å². The number of piperidine rings is 1. The van der Waals surface area contributed by atoms with Crippen LogP contribution in [-0.2, 0) is 91.1 Å². The van der Waals surface area contributed by atoms with Crippen molar-refractivity contribution in [2.24, 2.45) is 35.5 Å². The number of ether oxygens (including phenoxy) is 9. The molecule has 3 aliphatic rings. The van der Waals surface area contributed by atoms with Crippen LogP contribution in [0.3, 0.4) is 0 Å². The van der Waals surface area contributed by atoms with E-state index in [-0.39, 0.29) is 79.4 Å². The number of ketones is 3. The van der Waals surface area contributed by atoms with Crippen LogP contribution in [0.5, 0.6) is 0 Å². The molecule has 6 heterocycles. The third kappa shape index (κ3) is 27.9. The first-order valence-corrected chi connectivity index (χ1v) is 40.0. The number of carboxylic acids is 1. The third-order valence-corrected chi connectivity index (χ3v) is 21.3. The molecule has 2 aliphatic heterocycles. The minimum Gasteiger partial charge on any atom is -0.480 e. The highest BCUT2D eigenvalue weighted by atomic mass is 16.6. The van der Waals surface area contributed by atoms with Crippen LogP contribution >= 0.6 is 0 Å². The Morgan fingerprint density at radius 3 is 2.31 bits per heavy atom. The summed E-state index contributed by atoms with van der Waals surface area (Å²) in [6.07, 6.45) is 25.7. The molecule has 1 aromatic carbocycles. The standard InChI is InChI=1S/C82H122N12O18/c1-54(20-25-64-26-22-60(7)82(102,112-64)76(98)79(99)93-32-15-13-19-66(93)80(100)101)17-11-10-12-18-55(2)45-59(6)75(97)71(104-9)48-57(4)46-58(5)67(95)27-21-56(3)47-61-23-28-69(70(49-61)103-8)110-44-43-109-52-63-51-92(91-89-63)34-36-106-38-40-108-42-41-107-39-37-105-35-30-72(96)85-31-14-16-33-94-78-73(77(83)86-53-87-78)74(90-94)62-24-29-68-65(50-62)88-81(84)111-68/h10-12,17-18,24,29,46,50-51,53,55-56,58-61,64,66,69-71,102H,13-16,19-23,25-28,30-45,47-49,52H2,1-9H3,(H2,84,88)(H,85,96)(H,100,101)(H2,83,86,87)/b11-10+,18-12+,54-17+,57-46+/t55-,56+,58-,59-,60-,61?,64-,66+,69-,70-,71-,82-/m1/s1. The molecule has 8 rings (SSSR count). The summed E-state index contributed by atoms with van der Waals surface area (Å²) in [6, 6.07) is 4.49. The molecular weight excluding hydrogens is 1440 g/mol. The smallest absolute Gasteiger partial charge is 0.326 e. The first-order valence-electron chi connectivity index (χ1n) is 40.0. The second-order valence-electron chi connectivity index (χ2n) is 30.4. The number of allylic oxidation sites excluding steroid dienone is 7. The predicted molar refractivity (Wildman–Crippen MR) is 421 cm³/mol. The van der Waals surface area contributed by atoms with Gasteiger partial charge in [0.05, 0.1) is 109 Å². The van der Waals surface area contributed by atoms with E-state index >= 15 is 0 Å². The van der Waals surface area contributed by atoms with Crippen LogP contribution in [-0.4, -0.2) is 220 Å². The number of nitrogens with one attached hydrogen (secondary N) is 1. The SMILES string of the molecule is CO[C@H](C/C(C)=C/[C@@H](C)C(=O)CC[C@H](C)CC1CC[C@@H](OCCOCc2cn(CCOCCOCCOCCOCCC(=O)NCCCCn3nc(-c4ccc5oc(N)nc5c4)c4c(N)ncnc43)nn2)[C@H](OC)C1)C(=O)[C@H](C)C[C@H](C)/C=C/C=C/C=C(\C)CC[C@@H]1CC[C@@H](C)[C@](O)(C(=O)C(=O)N2CCCC[C@H]2C(=O)O)O1. The molecule has 618 valence electrons. The maximum Gasteiger partial charge on any atom is 0.326 e. The van der Waals surface area contributed by atoms with Crippen molar-refractivity contribution < 1.29 is 86.0 Å². The number of aliphatic hydroxyl groups is 1. The Balaban J connectivity index is 0.587. The number of aliphatic carboxylic acids is 1. The van der Waals surface area contributed by atoms with Gasteiger partial charge in [-0.2, -0.15) is 10.1 Å². The van der Waals surface area contributed by atoms with E-state index in [1.54, 1.807) is 36.6 Å². The van der Waals surface area contributed by atoms with Crippen molar-refractivity contribution in [3.05, 3.63) is 84.0 Å². The molecule has 2 amide bonds. The lowest BCUT2D eigenvalue weighted by molar-refractivity contribution is -0.263. The number of oxazole rings is 1. The van der Waals surface area contributed by atoms with Gasteiger partial charge in [-0.25, -0.2) is 24.1 Å². The van der Waals surface area contributed by atoms with E-state index in [1.165, 1.54) is 6.33 Å². The van der Waals surface area contributed by atoms with E-state index in [0.29, 0.717) is 195 Å². The molecule has 30 nitrogen and oxygen atoms in total. The quantitative estimate of drug-likeness (QED) is 0.0104. The zero-order valence-electron chi connectivity index (χ0n) is 67.1. The molecule has 12 atom stereocenters. The first kappa shape index (κ1) is 89.5. The molecule has 1 aliphatic carbocycles. The largest absolute Gasteiger partial charge is 0.480 e. The number of hydrogen-bond acceptors (Lipinski definition) is 25. The molecule has 112 heavy (non-hydrogen) atoms. The Bertz CT molecular complexity index is 3930. The van der Waals surface area contributed by atoms with Crippen molar-refractivity contribution in [1.82, 2.24) is 49.9 Å². The van der Waals surface area contributed by atoms with Crippen molar-refractivity contribution in [2.45, 2.75) is 220 Å². The van der Waals surface area contributed by atoms with Crippen LogP contribution in [0, 0.1) is 35.5 Å². The lowest BCUT2D eigenvalue weighted by Gasteiger charge is -2.42. The summed E-state index contributed by atoms with van der Waals surface area (Å²) in [4.78, 5) is 92.0. The van der Waals surface area contributed by atoms with Gasteiger partial charge >= 0.3 is 5.97 Å². The fourth-order valence-corrected chi connectivity index (χ4v) is 14.9. The average molecular weight is 1560 g/mol. The maximum absolute atomic E-state index is 13.7. The van der Waals surface area contributed by atoms with Gasteiger partial charge in [-0.05, 0) is 146 Å². The van der Waals surface area contributed by atoms with E-state index in [1.807, 2.05) is 76.4 Å². The highest BCUT2D eigenvalue weighted by molar-refractivity contribution is 6.39. The van der Waals surface area contributed by atoms with Crippen molar-refractivity contribution in [3.8, 4) is 11.3 Å². The van der Waals surface area contributed by atoms with Gasteiger partial charge in [0.1, 0.15) is 47.0 Å². The number of amides is 2. The van der Waals surface area contributed by atoms with Crippen LogP contribution in [0.2, 0.25) is 0 Å². The highest BCUT2D eigenvalue weighted by Crippen LogP contribution is 2.38. The minimum absolute atomic E-state index is 0.0220. The van der Waals surface area contributed by atoms with Gasteiger partial charge in [0.25, 0.3) is 17.7 Å². The molecule has 3 fully saturated rings. The Morgan fingerprint density at radius 2 is 1.56 bits per heavy atom. The van der Waals surface area contributed by atoms with E-state index in [9.17, 15) is 39.0 Å². The second-order valence-corrected chi connectivity index (χ2v) is 30.4. The van der Waals surface area contributed by atoms with Crippen LogP contribution in [0.15, 0.2) is 82.7 Å². The predicted octanol–water partition coefficient (Wildman–Crippen LogP) is 10.1. The van der Waals surface area contributed by atoms with Crippen LogP contribution in [0.1, 0.15) is 170 Å². The van der Waals surface area contributed by atoms with E-state index in [4.69, 9.17) is 63.6 Å². The lowest BCUT2D eigenvalue weighted by Crippen LogP contribution is -2.60. The van der Waals surface area contributed by atoms with Gasteiger partial charge in [-0.15, -0.1) is 5.10 Å². The van der Waals surface area contributed by atoms with E-state index in [0.717, 1.165) is 66.6 Å². The number of carbonyl (C=O) groups excluding carboxylic acids is 5. The molecule has 1 saturated carbocycles. The van der Waals surface area contributed by atoms with Gasteiger partial charge < -0.3 is 78.9 Å². The number of nitrogens with zero attached hydrogens (tertiary/aromatic N) is 9. The Hall–Kier alpha value is -8.04. The molecule has 0 spiro atoms. The van der Waals surface area contributed by atoms with Crippen LogP contribution in [0.25, 0.3) is 33.4 Å². The Labute approximate surface area is 657 Å². The summed E-state index contributed by atoms with van der Waals surface area (Å²) < 4.78 is 61.3. The fraction of sp³-hybridized carbons (Fsp3) is 0.659. The first-order chi connectivity index (χ1) is 53.9. The molecule has 0 radical (unpaired) electrons. The number of carbonyl (C=O) groups is 6. The summed E-state index contributed by atoms with van der Waals surface area (Å²) in [5.41, 5.74) is 18.0. The minimum atomic E-state index is -2.31. The molecule has 7 N–H and O–H groups in total. The molecule has 0 bridgehead atoms. The highest BCUT2D eigenvalue weighted by Gasteiger charge is 2.52. The molecule has 5 aromatic rings. The second kappa shape index (κ2) is 46.4. The number of aryl methyl sites for hydroxylation is 1. The average Bonchev–Trinajstić information content (AvgIpc) is 1.09. The topological polar surface area (TPSA) is 394 Å². The fourth-order valence-electron chi connectivity index (χ4n) is 14.9. The molecule has 1 unspecified atom stereocenters. The summed E-state index contributed by atoms with van der Waals surface area (Å²) in [5, 5.41) is 37.9. The van der Waals surface area contributed by atoms with Crippen LogP contribution < -0.4 is 16.8 Å². The van der Waals surface area contributed by atoms with Gasteiger partial charge in [-0.1, -0.05) is 87.4 Å². The van der Waals surface area contributed by atoms with Gasteiger partial charge in [-0.3, -0.25) is 24.0 Å². The number of rotatable bonds is 51. The van der Waals surface area contributed by atoms with E-state index in [2.05, 4.69) is 50.5 Å². The van der Waals surface area contributed by atoms with Crippen molar-refractivity contribution in [2.75, 3.05) is 105 Å². The normalized spacial score (nSPS) is 21.4. The zero-order valence-corrected chi connectivity index (χ0v) is 67.1. The molecule has 2 saturated heterocycles. The number of Topliss-reactive ketones (excluding diaryl/α,β-unsaturated/α-hetero) is 3. The summed E-state index contributed by atoms with van der Waals surface area (Å²) >= 11 is 0. The zero-order chi connectivity index (χ0) is 80.5. The number of nitrogens with two attached hydrogens (primary N) is 2.